The molecule has 174 valence electrons. The van der Waals surface area contributed by atoms with E-state index in [1.807, 2.05) is 6.92 Å². The third-order valence-corrected chi connectivity index (χ3v) is 9.43. The van der Waals surface area contributed by atoms with Crippen molar-refractivity contribution >= 4 is 20.0 Å². The van der Waals surface area contributed by atoms with Crippen LogP contribution in [-0.2, 0) is 24.8 Å². The smallest absolute Gasteiger partial charge is 0.217 e. The molecule has 0 amide bonds. The molecule has 4 rings (SSSR count). The van der Waals surface area contributed by atoms with Gasteiger partial charge >= 0.3 is 0 Å². The van der Waals surface area contributed by atoms with Crippen LogP contribution in [0.3, 0.4) is 0 Å². The number of sulfonamides is 2. The Morgan fingerprint density at radius 2 is 2.06 bits per heavy atom. The van der Waals surface area contributed by atoms with Gasteiger partial charge in [0.05, 0.1) is 23.1 Å². The molecular formula is C21H33N3O5S2. The maximum absolute atomic E-state index is 13.1. The first-order chi connectivity index (χ1) is 14.7. The van der Waals surface area contributed by atoms with Crippen molar-refractivity contribution in [3.63, 3.8) is 0 Å². The molecule has 0 bridgehead atoms. The molecule has 1 N–H and O–H groups in total. The van der Waals surface area contributed by atoms with Gasteiger partial charge in [-0.3, -0.25) is 0 Å². The number of ether oxygens (including phenoxy) is 1. The normalized spacial score (nSPS) is 28.2. The summed E-state index contributed by atoms with van der Waals surface area (Å²) in [5.74, 6) is 0.953. The van der Waals surface area contributed by atoms with Crippen LogP contribution in [0.5, 0.6) is 0 Å². The van der Waals surface area contributed by atoms with Crippen LogP contribution < -0.4 is 4.72 Å². The van der Waals surface area contributed by atoms with Crippen LogP contribution in [0.2, 0.25) is 0 Å². The molecule has 1 saturated carbocycles. The molecule has 4 aliphatic rings. The third-order valence-electron chi connectivity index (χ3n) is 6.65. The highest BCUT2D eigenvalue weighted by atomic mass is 32.2. The summed E-state index contributed by atoms with van der Waals surface area (Å²) in [4.78, 5) is 2.15. The second-order valence-electron chi connectivity index (χ2n) is 8.92. The van der Waals surface area contributed by atoms with Gasteiger partial charge in [-0.1, -0.05) is 19.4 Å². The maximum Gasteiger partial charge on any atom is 0.217 e. The van der Waals surface area contributed by atoms with Crippen LogP contribution in [-0.4, -0.2) is 57.4 Å². The first-order valence-electron chi connectivity index (χ1n) is 11.2. The summed E-state index contributed by atoms with van der Waals surface area (Å²) >= 11 is 0. The summed E-state index contributed by atoms with van der Waals surface area (Å²) in [6, 6.07) is 0. The number of hydrogen-bond acceptors (Lipinski definition) is 6. The van der Waals surface area contributed by atoms with Crippen LogP contribution in [0, 0.1) is 5.41 Å². The van der Waals surface area contributed by atoms with Crippen molar-refractivity contribution in [3.8, 4) is 0 Å². The lowest BCUT2D eigenvalue weighted by Crippen LogP contribution is -2.45. The van der Waals surface area contributed by atoms with Crippen molar-refractivity contribution in [1.82, 2.24) is 13.9 Å². The lowest BCUT2D eigenvalue weighted by atomic mass is 9.66. The molecule has 1 unspecified atom stereocenters. The zero-order chi connectivity index (χ0) is 22.3. The fraction of sp³-hybridized carbons (Fsp3) is 0.714. The lowest BCUT2D eigenvalue weighted by molar-refractivity contribution is 0.0582. The van der Waals surface area contributed by atoms with Crippen molar-refractivity contribution in [2.24, 2.45) is 5.41 Å². The average Bonchev–Trinajstić information content (AvgIpc) is 3.07. The van der Waals surface area contributed by atoms with E-state index in [4.69, 9.17) is 4.74 Å². The minimum atomic E-state index is -3.58. The Morgan fingerprint density at radius 1 is 1.26 bits per heavy atom. The van der Waals surface area contributed by atoms with Crippen LogP contribution in [0.25, 0.3) is 0 Å². The van der Waals surface area contributed by atoms with Crippen molar-refractivity contribution in [1.29, 1.82) is 0 Å². The molecule has 0 aromatic heterocycles. The van der Waals surface area contributed by atoms with E-state index < -0.39 is 26.3 Å². The fourth-order valence-electron chi connectivity index (χ4n) is 5.33. The second-order valence-corrected chi connectivity index (χ2v) is 12.8. The topological polar surface area (TPSA) is 96.0 Å². The van der Waals surface area contributed by atoms with E-state index >= 15 is 0 Å². The molecule has 1 saturated heterocycles. The number of allylic oxidation sites excluding steroid dienone is 3. The molecule has 31 heavy (non-hydrogen) atoms. The Bertz CT molecular complexity index is 1020. The first kappa shape index (κ1) is 22.8. The molecule has 2 fully saturated rings. The van der Waals surface area contributed by atoms with Gasteiger partial charge < -0.3 is 9.64 Å². The van der Waals surface area contributed by atoms with E-state index in [0.717, 1.165) is 56.2 Å². The molecule has 10 heteroatoms. The highest BCUT2D eigenvalue weighted by molar-refractivity contribution is 7.89. The molecule has 3 aliphatic heterocycles. The monoisotopic (exact) mass is 471 g/mol. The van der Waals surface area contributed by atoms with Gasteiger partial charge in [-0.2, -0.15) is 4.31 Å². The molecule has 3 heterocycles. The Labute approximate surface area is 186 Å². The standard InChI is InChI=1S/C21H33N3O5S2/c1-3-14-31(27,28)24(13-11-22-30(2,25)26)19-15-21-10-6-4-8-17(21)16-23-12-7-5-9-18(23)20(21)29-19/h7,12,16,19,22H,3-6,8-11,13-15H2,1-2H3/t19-,21?/m1/s1. The van der Waals surface area contributed by atoms with Crippen molar-refractivity contribution in [2.75, 3.05) is 25.1 Å². The van der Waals surface area contributed by atoms with Crippen LogP contribution in [0.4, 0.5) is 0 Å². The predicted octanol–water partition coefficient (Wildman–Crippen LogP) is 2.60. The minimum Gasteiger partial charge on any atom is -0.476 e. The molecule has 1 aliphatic carbocycles. The summed E-state index contributed by atoms with van der Waals surface area (Å²) < 4.78 is 59.6. The summed E-state index contributed by atoms with van der Waals surface area (Å²) in [6.07, 6.45) is 14.0. The van der Waals surface area contributed by atoms with Crippen molar-refractivity contribution in [2.45, 2.75) is 64.5 Å². The molecule has 1 spiro atoms. The fourth-order valence-corrected chi connectivity index (χ4v) is 7.39. The van der Waals surface area contributed by atoms with E-state index in [1.54, 1.807) is 0 Å². The SMILES string of the molecule is CCCS(=O)(=O)N(CCNS(C)(=O)=O)[C@H]1CC23CCCCC2=CN2C=CCCC2=C3O1. The van der Waals surface area contributed by atoms with Crippen molar-refractivity contribution in [3.05, 3.63) is 35.5 Å². The van der Waals surface area contributed by atoms with Gasteiger partial charge in [0, 0.05) is 31.9 Å². The molecule has 0 radical (unpaired) electrons. The van der Waals surface area contributed by atoms with Crippen LogP contribution in [0.1, 0.15) is 58.3 Å². The average molecular weight is 472 g/mol. The van der Waals surface area contributed by atoms with E-state index in [2.05, 4.69) is 28.1 Å². The van der Waals surface area contributed by atoms with E-state index in [-0.39, 0.29) is 24.3 Å². The van der Waals surface area contributed by atoms with E-state index in [9.17, 15) is 16.8 Å². The zero-order valence-electron chi connectivity index (χ0n) is 18.3. The minimum absolute atomic E-state index is 0.0161. The molecular weight excluding hydrogens is 438 g/mol. The number of nitrogens with zero attached hydrogens (tertiary/aromatic N) is 2. The molecule has 0 aromatic rings. The largest absolute Gasteiger partial charge is 0.476 e. The van der Waals surface area contributed by atoms with Crippen LogP contribution >= 0.6 is 0 Å². The van der Waals surface area contributed by atoms with Gasteiger partial charge in [-0.25, -0.2) is 21.6 Å². The highest BCUT2D eigenvalue weighted by Gasteiger charge is 2.55. The quantitative estimate of drug-likeness (QED) is 0.585. The Hall–Kier alpha value is -1.36. The number of hydrogen-bond donors (Lipinski definition) is 1. The lowest BCUT2D eigenvalue weighted by Gasteiger charge is -2.42. The van der Waals surface area contributed by atoms with E-state index in [0.29, 0.717) is 12.8 Å². The first-order valence-corrected chi connectivity index (χ1v) is 14.7. The van der Waals surface area contributed by atoms with Gasteiger partial charge in [0.25, 0.3) is 0 Å². The summed E-state index contributed by atoms with van der Waals surface area (Å²) in [7, 11) is -6.99. The summed E-state index contributed by atoms with van der Waals surface area (Å²) in [6.45, 7) is 1.91. The second kappa shape index (κ2) is 8.53. The Kier molecular flexibility index (Phi) is 6.28. The molecule has 0 aromatic carbocycles. The third kappa shape index (κ3) is 4.44. The Morgan fingerprint density at radius 3 is 2.81 bits per heavy atom. The van der Waals surface area contributed by atoms with Gasteiger partial charge in [-0.15, -0.1) is 0 Å². The van der Waals surface area contributed by atoms with Gasteiger partial charge in [0.15, 0.2) is 6.23 Å². The van der Waals surface area contributed by atoms with Crippen molar-refractivity contribution < 1.29 is 21.6 Å². The summed E-state index contributed by atoms with van der Waals surface area (Å²) in [5.41, 5.74) is 2.23. The van der Waals surface area contributed by atoms with Gasteiger partial charge in [0.1, 0.15) is 5.76 Å². The number of fused-ring (bicyclic) bond motifs is 1. The Balaban J connectivity index is 1.68. The van der Waals surface area contributed by atoms with Gasteiger partial charge in [0.2, 0.25) is 20.0 Å². The summed E-state index contributed by atoms with van der Waals surface area (Å²) in [5, 5.41) is 0. The van der Waals surface area contributed by atoms with Gasteiger partial charge in [-0.05, 0) is 44.1 Å². The zero-order valence-corrected chi connectivity index (χ0v) is 20.0. The molecule has 2 atom stereocenters. The number of rotatable bonds is 8. The number of nitrogens with one attached hydrogen (secondary N) is 1. The van der Waals surface area contributed by atoms with E-state index in [1.165, 1.54) is 9.88 Å². The predicted molar refractivity (Wildman–Crippen MR) is 119 cm³/mol. The van der Waals surface area contributed by atoms with Crippen LogP contribution in [0.15, 0.2) is 35.5 Å². The highest BCUT2D eigenvalue weighted by Crippen LogP contribution is 2.59. The maximum atomic E-state index is 13.1. The molecule has 8 nitrogen and oxygen atoms in total.